The van der Waals surface area contributed by atoms with Crippen LogP contribution in [0.4, 0.5) is 5.82 Å². The Labute approximate surface area is 203 Å². The van der Waals surface area contributed by atoms with E-state index in [1.54, 1.807) is 0 Å². The van der Waals surface area contributed by atoms with Gasteiger partial charge in [0.15, 0.2) is 0 Å². The highest BCUT2D eigenvalue weighted by Gasteiger charge is 2.28. The molecule has 9 nitrogen and oxygen atoms in total. The standard InChI is InChI=1S/C24H30N6O3S/c1-3-18-15(2)23(30-9-10-33-17(14-30)13-28-20(31)12-26)29-24(19(18)11-25)34-21(22(27)32)16-7-5-4-6-8-16/h4-8,17,21H,3,9-10,12-14,26H2,1-2H3,(H2,27,32)(H,28,31)/t17-,21?/m1/s1. The quantitative estimate of drug-likeness (QED) is 0.455. The van der Waals surface area contributed by atoms with E-state index in [1.165, 1.54) is 11.8 Å². The lowest BCUT2D eigenvalue weighted by molar-refractivity contribution is -0.120. The van der Waals surface area contributed by atoms with Crippen LogP contribution >= 0.6 is 11.8 Å². The van der Waals surface area contributed by atoms with E-state index in [0.717, 1.165) is 22.5 Å². The highest BCUT2D eigenvalue weighted by Crippen LogP contribution is 2.39. The Morgan fingerprint density at radius 3 is 2.74 bits per heavy atom. The molecule has 0 spiro atoms. The largest absolute Gasteiger partial charge is 0.373 e. The number of nitrogens with two attached hydrogens (primary N) is 2. The van der Waals surface area contributed by atoms with Crippen molar-refractivity contribution < 1.29 is 14.3 Å². The number of anilines is 1. The molecule has 0 radical (unpaired) electrons. The third-order valence-corrected chi connectivity index (χ3v) is 6.98. The Morgan fingerprint density at radius 2 is 2.12 bits per heavy atom. The predicted molar refractivity (Wildman–Crippen MR) is 131 cm³/mol. The molecule has 0 aliphatic carbocycles. The average molecular weight is 483 g/mol. The van der Waals surface area contributed by atoms with Crippen LogP contribution in [0.25, 0.3) is 0 Å². The van der Waals surface area contributed by atoms with Crippen molar-refractivity contribution in [3.05, 3.63) is 52.6 Å². The van der Waals surface area contributed by atoms with E-state index in [4.69, 9.17) is 21.2 Å². The molecule has 5 N–H and O–H groups in total. The lowest BCUT2D eigenvalue weighted by Crippen LogP contribution is -2.48. The van der Waals surface area contributed by atoms with E-state index in [2.05, 4.69) is 16.3 Å². The number of amides is 2. The Bertz CT molecular complexity index is 1070. The van der Waals surface area contributed by atoms with Crippen LogP contribution in [0.1, 0.15) is 34.4 Å². The van der Waals surface area contributed by atoms with E-state index in [1.807, 2.05) is 44.2 Å². The van der Waals surface area contributed by atoms with Gasteiger partial charge in [-0.1, -0.05) is 49.0 Å². The van der Waals surface area contributed by atoms with Crippen molar-refractivity contribution in [1.82, 2.24) is 10.3 Å². The molecule has 2 aromatic rings. The van der Waals surface area contributed by atoms with Crippen LogP contribution in [0.5, 0.6) is 0 Å². The lowest BCUT2D eigenvalue weighted by Gasteiger charge is -2.35. The van der Waals surface area contributed by atoms with Gasteiger partial charge < -0.3 is 26.4 Å². The molecule has 34 heavy (non-hydrogen) atoms. The molecule has 1 aliphatic rings. The van der Waals surface area contributed by atoms with Gasteiger partial charge in [-0.25, -0.2) is 4.98 Å². The number of nitrogens with one attached hydrogen (secondary N) is 1. The Kier molecular flexibility index (Phi) is 8.87. The molecule has 1 aliphatic heterocycles. The summed E-state index contributed by atoms with van der Waals surface area (Å²) in [7, 11) is 0. The zero-order chi connectivity index (χ0) is 24.7. The molecular formula is C24H30N6O3S. The summed E-state index contributed by atoms with van der Waals surface area (Å²) in [5.74, 6) is 0.0102. The number of thioether (sulfide) groups is 1. The number of carbonyl (C=O) groups is 2. The van der Waals surface area contributed by atoms with Gasteiger partial charge >= 0.3 is 0 Å². The lowest BCUT2D eigenvalue weighted by atomic mass is 10.0. The minimum atomic E-state index is -0.676. The topological polar surface area (TPSA) is 147 Å². The van der Waals surface area contributed by atoms with Crippen LogP contribution in [0.3, 0.4) is 0 Å². The normalized spacial score (nSPS) is 16.5. The van der Waals surface area contributed by atoms with Crippen LogP contribution in [0.2, 0.25) is 0 Å². The van der Waals surface area contributed by atoms with Gasteiger partial charge in [-0.3, -0.25) is 9.59 Å². The third kappa shape index (κ3) is 5.86. The summed E-state index contributed by atoms with van der Waals surface area (Å²) in [6.07, 6.45) is 0.426. The molecule has 1 aromatic heterocycles. The van der Waals surface area contributed by atoms with Gasteiger partial charge in [-0.2, -0.15) is 5.26 Å². The number of nitriles is 1. The molecule has 0 bridgehead atoms. The van der Waals surface area contributed by atoms with E-state index in [-0.39, 0.29) is 18.6 Å². The smallest absolute Gasteiger partial charge is 0.235 e. The maximum atomic E-state index is 12.3. The van der Waals surface area contributed by atoms with Crippen molar-refractivity contribution in [1.29, 1.82) is 5.26 Å². The van der Waals surface area contributed by atoms with Crippen LogP contribution in [0.15, 0.2) is 35.4 Å². The summed E-state index contributed by atoms with van der Waals surface area (Å²) in [5.41, 5.74) is 14.1. The minimum Gasteiger partial charge on any atom is -0.373 e. The summed E-state index contributed by atoms with van der Waals surface area (Å²) in [6, 6.07) is 11.5. The van der Waals surface area contributed by atoms with Crippen molar-refractivity contribution in [3.63, 3.8) is 0 Å². The monoisotopic (exact) mass is 482 g/mol. The van der Waals surface area contributed by atoms with Gasteiger partial charge in [-0.15, -0.1) is 0 Å². The van der Waals surface area contributed by atoms with Crippen LogP contribution < -0.4 is 21.7 Å². The van der Waals surface area contributed by atoms with Gasteiger partial charge in [0.25, 0.3) is 0 Å². The van der Waals surface area contributed by atoms with Crippen LogP contribution in [0, 0.1) is 18.3 Å². The van der Waals surface area contributed by atoms with Gasteiger partial charge in [0, 0.05) is 19.6 Å². The fourth-order valence-corrected chi connectivity index (χ4v) is 5.06. The van der Waals surface area contributed by atoms with Gasteiger partial charge in [0.05, 0.1) is 24.8 Å². The molecule has 1 unspecified atom stereocenters. The fourth-order valence-electron chi connectivity index (χ4n) is 4.00. The maximum absolute atomic E-state index is 12.3. The van der Waals surface area contributed by atoms with Crippen molar-refractivity contribution in [2.45, 2.75) is 36.6 Å². The van der Waals surface area contributed by atoms with E-state index in [9.17, 15) is 14.9 Å². The average Bonchev–Trinajstić information content (AvgIpc) is 2.86. The zero-order valence-corrected chi connectivity index (χ0v) is 20.2. The minimum absolute atomic E-state index is 0.0738. The van der Waals surface area contributed by atoms with E-state index in [0.29, 0.717) is 43.3 Å². The van der Waals surface area contributed by atoms with Crippen LogP contribution in [-0.2, 0) is 20.7 Å². The summed E-state index contributed by atoms with van der Waals surface area (Å²) in [6.45, 7) is 5.84. The Balaban J connectivity index is 1.96. The van der Waals surface area contributed by atoms with Crippen molar-refractivity contribution in [2.75, 3.05) is 37.7 Å². The number of benzene rings is 1. The number of carbonyl (C=O) groups excluding carboxylic acids is 2. The Hall–Kier alpha value is -3.13. The first kappa shape index (κ1) is 25.5. The molecule has 2 heterocycles. The van der Waals surface area contributed by atoms with Crippen molar-refractivity contribution in [2.24, 2.45) is 11.5 Å². The number of nitrogens with zero attached hydrogens (tertiary/aromatic N) is 3. The molecule has 1 fully saturated rings. The van der Waals surface area contributed by atoms with Gasteiger partial charge in [-0.05, 0) is 30.0 Å². The molecular weight excluding hydrogens is 452 g/mol. The first-order valence-electron chi connectivity index (χ1n) is 11.2. The number of hydrogen-bond donors (Lipinski definition) is 3. The predicted octanol–water partition coefficient (Wildman–Crippen LogP) is 1.42. The van der Waals surface area contributed by atoms with Crippen LogP contribution in [-0.4, -0.2) is 55.7 Å². The first-order valence-corrected chi connectivity index (χ1v) is 12.0. The maximum Gasteiger partial charge on any atom is 0.235 e. The third-order valence-electron chi connectivity index (χ3n) is 5.72. The second-order valence-electron chi connectivity index (χ2n) is 7.94. The molecule has 1 saturated heterocycles. The number of primary amides is 1. The molecule has 10 heteroatoms. The molecule has 2 amide bonds. The summed E-state index contributed by atoms with van der Waals surface area (Å²) >= 11 is 1.20. The fraction of sp³-hybridized carbons (Fsp3) is 0.417. The second kappa shape index (κ2) is 11.8. The molecule has 1 aromatic carbocycles. The highest BCUT2D eigenvalue weighted by atomic mass is 32.2. The second-order valence-corrected chi connectivity index (χ2v) is 9.04. The highest BCUT2D eigenvalue weighted by molar-refractivity contribution is 8.00. The Morgan fingerprint density at radius 1 is 1.38 bits per heavy atom. The van der Waals surface area contributed by atoms with Crippen molar-refractivity contribution in [3.8, 4) is 6.07 Å². The van der Waals surface area contributed by atoms with E-state index < -0.39 is 11.2 Å². The molecule has 180 valence electrons. The molecule has 3 rings (SSSR count). The summed E-state index contributed by atoms with van der Waals surface area (Å²) in [5, 5.41) is 12.5. The number of hydrogen-bond acceptors (Lipinski definition) is 8. The summed E-state index contributed by atoms with van der Waals surface area (Å²) < 4.78 is 5.81. The zero-order valence-electron chi connectivity index (χ0n) is 19.4. The number of pyridine rings is 1. The molecule has 2 atom stereocenters. The van der Waals surface area contributed by atoms with E-state index >= 15 is 0 Å². The molecule has 0 saturated carbocycles. The van der Waals surface area contributed by atoms with Gasteiger partial charge in [0.1, 0.15) is 22.2 Å². The number of rotatable bonds is 9. The SMILES string of the molecule is CCc1c(C)c(N2CCO[C@H](CNC(=O)CN)C2)nc(SC(C(N)=O)c2ccccc2)c1C#N. The number of aromatic nitrogens is 1. The first-order chi connectivity index (χ1) is 16.4. The summed E-state index contributed by atoms with van der Waals surface area (Å²) in [4.78, 5) is 30.8. The number of morpholine rings is 1. The van der Waals surface area contributed by atoms with Crippen molar-refractivity contribution >= 4 is 29.4 Å². The van der Waals surface area contributed by atoms with Gasteiger partial charge in [0.2, 0.25) is 11.8 Å². The number of ether oxygens (including phenoxy) is 1.